The van der Waals surface area contributed by atoms with Crippen molar-refractivity contribution in [2.24, 2.45) is 0 Å². The molecule has 0 spiro atoms. The topological polar surface area (TPSA) is 53.6 Å². The first-order chi connectivity index (χ1) is 7.31. The Bertz CT molecular complexity index is 324. The fourth-order valence-corrected chi connectivity index (χ4v) is 1.50. The second kappa shape index (κ2) is 6.20. The number of nitrogens with one attached hydrogen (secondary N) is 1. The fourth-order valence-electron chi connectivity index (χ4n) is 1.50. The van der Waals surface area contributed by atoms with Crippen LogP contribution in [0, 0.1) is 11.3 Å². The number of rotatable bonds is 6. The maximum Gasteiger partial charge on any atom is 0.122 e. The van der Waals surface area contributed by atoms with Crippen LogP contribution in [0.25, 0.3) is 0 Å². The molecule has 0 aliphatic carbocycles. The molecule has 15 heavy (non-hydrogen) atoms. The number of nitriles is 1. The highest BCUT2D eigenvalue weighted by molar-refractivity contribution is 4.92. The molecule has 1 aromatic heterocycles. The van der Waals surface area contributed by atoms with Gasteiger partial charge in [0.1, 0.15) is 5.82 Å². The molecule has 0 fully saturated rings. The van der Waals surface area contributed by atoms with E-state index >= 15 is 0 Å². The lowest BCUT2D eigenvalue weighted by Gasteiger charge is -2.13. The van der Waals surface area contributed by atoms with E-state index in [2.05, 4.69) is 34.8 Å². The van der Waals surface area contributed by atoms with E-state index in [4.69, 9.17) is 5.26 Å². The smallest absolute Gasteiger partial charge is 0.122 e. The lowest BCUT2D eigenvalue weighted by atomic mass is 10.2. The summed E-state index contributed by atoms with van der Waals surface area (Å²) in [6.07, 6.45) is 5.32. The van der Waals surface area contributed by atoms with Gasteiger partial charge in [0.05, 0.1) is 19.0 Å². The first-order valence-electron chi connectivity index (χ1n) is 5.42. The largest absolute Gasteiger partial charge is 0.334 e. The molecule has 0 aliphatic rings. The third-order valence-electron chi connectivity index (χ3n) is 2.52. The molecule has 1 N–H and O–H groups in total. The highest BCUT2D eigenvalue weighted by Crippen LogP contribution is 2.01. The Morgan fingerprint density at radius 2 is 2.40 bits per heavy atom. The average Bonchev–Trinajstić information content (AvgIpc) is 2.71. The minimum Gasteiger partial charge on any atom is -0.334 e. The highest BCUT2D eigenvalue weighted by atomic mass is 15.1. The number of imidazole rings is 1. The number of nitrogens with zero attached hydrogens (tertiary/aromatic N) is 3. The summed E-state index contributed by atoms with van der Waals surface area (Å²) in [5, 5.41) is 12.0. The Morgan fingerprint density at radius 3 is 3.00 bits per heavy atom. The Balaban J connectivity index is 2.45. The summed E-state index contributed by atoms with van der Waals surface area (Å²) in [5.74, 6) is 1.04. The molecule has 4 nitrogen and oxygen atoms in total. The molecule has 1 aromatic rings. The van der Waals surface area contributed by atoms with Crippen LogP contribution in [0.3, 0.4) is 0 Å². The predicted octanol–water partition coefficient (Wildman–Crippen LogP) is 1.68. The lowest BCUT2D eigenvalue weighted by Crippen LogP contribution is -2.28. The highest BCUT2D eigenvalue weighted by Gasteiger charge is 2.06. The molecule has 0 bridgehead atoms. The normalized spacial score (nSPS) is 12.3. The molecule has 0 radical (unpaired) electrons. The first-order valence-corrected chi connectivity index (χ1v) is 5.42. The minimum atomic E-state index is 0.275. The maximum absolute atomic E-state index is 8.61. The van der Waals surface area contributed by atoms with Gasteiger partial charge in [-0.1, -0.05) is 6.92 Å². The molecular formula is C11H18N4. The van der Waals surface area contributed by atoms with Gasteiger partial charge in [0, 0.05) is 25.0 Å². The van der Waals surface area contributed by atoms with Crippen LogP contribution < -0.4 is 5.32 Å². The maximum atomic E-state index is 8.61. The second-order valence-electron chi connectivity index (χ2n) is 3.48. The van der Waals surface area contributed by atoms with E-state index in [1.807, 2.05) is 12.4 Å². The SMILES string of the molecule is CCC(CC#N)NCc1nccn1CC. The van der Waals surface area contributed by atoms with E-state index in [0.717, 1.165) is 25.3 Å². The zero-order valence-electron chi connectivity index (χ0n) is 9.40. The van der Waals surface area contributed by atoms with Gasteiger partial charge in [-0.2, -0.15) is 5.26 Å². The zero-order valence-corrected chi connectivity index (χ0v) is 9.40. The van der Waals surface area contributed by atoms with Gasteiger partial charge in [0.15, 0.2) is 0 Å². The van der Waals surface area contributed by atoms with Crippen LogP contribution in [0.4, 0.5) is 0 Å². The molecule has 4 heteroatoms. The van der Waals surface area contributed by atoms with Gasteiger partial charge in [-0.3, -0.25) is 0 Å². The summed E-state index contributed by atoms with van der Waals surface area (Å²) in [6.45, 7) is 5.85. The van der Waals surface area contributed by atoms with Crippen molar-refractivity contribution in [2.45, 2.75) is 45.8 Å². The predicted molar refractivity (Wildman–Crippen MR) is 59.0 cm³/mol. The Hall–Kier alpha value is -1.34. The van der Waals surface area contributed by atoms with Crippen molar-refractivity contribution in [3.05, 3.63) is 18.2 Å². The Morgan fingerprint density at radius 1 is 1.60 bits per heavy atom. The van der Waals surface area contributed by atoms with Crippen molar-refractivity contribution in [3.8, 4) is 6.07 Å². The molecule has 0 saturated heterocycles. The van der Waals surface area contributed by atoms with Crippen molar-refractivity contribution in [3.63, 3.8) is 0 Å². The van der Waals surface area contributed by atoms with Gasteiger partial charge in [-0.05, 0) is 13.3 Å². The van der Waals surface area contributed by atoms with Crippen molar-refractivity contribution in [1.82, 2.24) is 14.9 Å². The quantitative estimate of drug-likeness (QED) is 0.770. The van der Waals surface area contributed by atoms with Crippen LogP contribution >= 0.6 is 0 Å². The van der Waals surface area contributed by atoms with Gasteiger partial charge < -0.3 is 9.88 Å². The van der Waals surface area contributed by atoms with Crippen LogP contribution in [0.2, 0.25) is 0 Å². The first kappa shape index (κ1) is 11.7. The Kier molecular flexibility index (Phi) is 4.85. The van der Waals surface area contributed by atoms with Crippen molar-refractivity contribution in [2.75, 3.05) is 0 Å². The van der Waals surface area contributed by atoms with Crippen molar-refractivity contribution < 1.29 is 0 Å². The Labute approximate surface area is 90.9 Å². The van der Waals surface area contributed by atoms with Gasteiger partial charge >= 0.3 is 0 Å². The number of hydrogen-bond acceptors (Lipinski definition) is 3. The molecule has 0 aliphatic heterocycles. The third kappa shape index (κ3) is 3.37. The fraction of sp³-hybridized carbons (Fsp3) is 0.636. The van der Waals surface area contributed by atoms with Crippen LogP contribution in [0.5, 0.6) is 0 Å². The van der Waals surface area contributed by atoms with Gasteiger partial charge in [0.25, 0.3) is 0 Å². The summed E-state index contributed by atoms with van der Waals surface area (Å²) in [6, 6.07) is 2.46. The summed E-state index contributed by atoms with van der Waals surface area (Å²) in [4.78, 5) is 4.27. The lowest BCUT2D eigenvalue weighted by molar-refractivity contribution is 0.486. The van der Waals surface area contributed by atoms with E-state index < -0.39 is 0 Å². The second-order valence-corrected chi connectivity index (χ2v) is 3.48. The van der Waals surface area contributed by atoms with Crippen LogP contribution in [-0.2, 0) is 13.1 Å². The van der Waals surface area contributed by atoms with E-state index in [1.54, 1.807) is 0 Å². The van der Waals surface area contributed by atoms with E-state index in [-0.39, 0.29) is 6.04 Å². The van der Waals surface area contributed by atoms with Crippen molar-refractivity contribution in [1.29, 1.82) is 5.26 Å². The number of aryl methyl sites for hydroxylation is 1. The van der Waals surface area contributed by atoms with Crippen LogP contribution in [0.1, 0.15) is 32.5 Å². The molecule has 1 atom stereocenters. The zero-order chi connectivity index (χ0) is 11.1. The minimum absolute atomic E-state index is 0.275. The molecular weight excluding hydrogens is 188 g/mol. The molecule has 0 saturated carbocycles. The molecule has 1 rings (SSSR count). The third-order valence-corrected chi connectivity index (χ3v) is 2.52. The van der Waals surface area contributed by atoms with Gasteiger partial charge in [-0.25, -0.2) is 4.98 Å². The standard InChI is InChI=1S/C11H18N4/c1-3-10(5-6-12)14-9-11-13-7-8-15(11)4-2/h7-8,10,14H,3-5,9H2,1-2H3. The van der Waals surface area contributed by atoms with Crippen LogP contribution in [0.15, 0.2) is 12.4 Å². The van der Waals surface area contributed by atoms with Crippen molar-refractivity contribution >= 4 is 0 Å². The molecule has 0 amide bonds. The summed E-state index contributed by atoms with van der Waals surface area (Å²) in [5.41, 5.74) is 0. The van der Waals surface area contributed by atoms with Gasteiger partial charge in [-0.15, -0.1) is 0 Å². The molecule has 1 heterocycles. The monoisotopic (exact) mass is 206 g/mol. The number of aromatic nitrogens is 2. The molecule has 0 aromatic carbocycles. The van der Waals surface area contributed by atoms with Gasteiger partial charge in [0.2, 0.25) is 0 Å². The molecule has 82 valence electrons. The summed E-state index contributed by atoms with van der Waals surface area (Å²) >= 11 is 0. The van der Waals surface area contributed by atoms with E-state index in [9.17, 15) is 0 Å². The summed E-state index contributed by atoms with van der Waals surface area (Å²) < 4.78 is 2.10. The van der Waals surface area contributed by atoms with Crippen LogP contribution in [-0.4, -0.2) is 15.6 Å². The van der Waals surface area contributed by atoms with E-state index in [0.29, 0.717) is 6.42 Å². The molecule has 1 unspecified atom stereocenters. The average molecular weight is 206 g/mol. The van der Waals surface area contributed by atoms with E-state index in [1.165, 1.54) is 0 Å². The number of hydrogen-bond donors (Lipinski definition) is 1. The summed E-state index contributed by atoms with van der Waals surface area (Å²) in [7, 11) is 0.